The summed E-state index contributed by atoms with van der Waals surface area (Å²) >= 11 is 5.41. The molecule has 6 heteroatoms. The highest BCUT2D eigenvalue weighted by Gasteiger charge is 2.30. The monoisotopic (exact) mass is 414 g/mol. The lowest BCUT2D eigenvalue weighted by Gasteiger charge is -2.24. The predicted molar refractivity (Wildman–Crippen MR) is 115 cm³/mol. The largest absolute Gasteiger partial charge is 0.416 e. The highest BCUT2D eigenvalue weighted by molar-refractivity contribution is 7.80. The molecule has 3 aromatic carbocycles. The van der Waals surface area contributed by atoms with Crippen molar-refractivity contribution < 1.29 is 13.2 Å². The van der Waals surface area contributed by atoms with Gasteiger partial charge in [0.2, 0.25) is 0 Å². The summed E-state index contributed by atoms with van der Waals surface area (Å²) in [6.07, 6.45) is -4.40. The van der Waals surface area contributed by atoms with Gasteiger partial charge in [-0.05, 0) is 61.0 Å². The minimum Gasteiger partial charge on any atom is -0.352 e. The van der Waals surface area contributed by atoms with Gasteiger partial charge in [0.25, 0.3) is 0 Å². The lowest BCUT2D eigenvalue weighted by atomic mass is 9.94. The molecule has 0 saturated carbocycles. The maximum atomic E-state index is 13.0. The third-order valence-electron chi connectivity index (χ3n) is 4.59. The summed E-state index contributed by atoms with van der Waals surface area (Å²) in [5, 5.41) is 6.38. The van der Waals surface area contributed by atoms with Crippen molar-refractivity contribution >= 4 is 23.0 Å². The van der Waals surface area contributed by atoms with Crippen LogP contribution in [0.2, 0.25) is 0 Å². The van der Waals surface area contributed by atoms with E-state index in [1.54, 1.807) is 6.07 Å². The molecule has 0 amide bonds. The number of alkyl halides is 3. The van der Waals surface area contributed by atoms with E-state index in [-0.39, 0.29) is 16.8 Å². The summed E-state index contributed by atoms with van der Waals surface area (Å²) in [5.41, 5.74) is 3.88. The number of halogens is 3. The fourth-order valence-electron chi connectivity index (χ4n) is 3.21. The summed E-state index contributed by atoms with van der Waals surface area (Å²) in [6, 6.07) is 20.7. The molecule has 0 heterocycles. The van der Waals surface area contributed by atoms with Crippen LogP contribution in [0.3, 0.4) is 0 Å². The molecule has 1 atom stereocenters. The Labute approximate surface area is 173 Å². The van der Waals surface area contributed by atoms with Crippen molar-refractivity contribution in [1.82, 2.24) is 5.32 Å². The van der Waals surface area contributed by atoms with Crippen molar-refractivity contribution in [2.45, 2.75) is 26.1 Å². The average molecular weight is 414 g/mol. The number of nitrogens with one attached hydrogen (secondary N) is 2. The van der Waals surface area contributed by atoms with Crippen LogP contribution >= 0.6 is 12.2 Å². The van der Waals surface area contributed by atoms with Crippen LogP contribution in [-0.4, -0.2) is 5.11 Å². The molecule has 0 unspecified atom stereocenters. The smallest absolute Gasteiger partial charge is 0.352 e. The number of aryl methyl sites for hydroxylation is 2. The van der Waals surface area contributed by atoms with Gasteiger partial charge in [-0.3, -0.25) is 0 Å². The van der Waals surface area contributed by atoms with Gasteiger partial charge in [-0.25, -0.2) is 0 Å². The first-order chi connectivity index (χ1) is 13.7. The molecule has 0 aliphatic carbocycles. The molecule has 3 aromatic rings. The van der Waals surface area contributed by atoms with E-state index < -0.39 is 11.7 Å². The van der Waals surface area contributed by atoms with Gasteiger partial charge in [-0.2, -0.15) is 13.2 Å². The van der Waals surface area contributed by atoms with Crippen molar-refractivity contribution in [2.75, 3.05) is 5.32 Å². The number of hydrogen-bond acceptors (Lipinski definition) is 1. The molecule has 3 rings (SSSR count). The van der Waals surface area contributed by atoms with Gasteiger partial charge in [0.1, 0.15) is 0 Å². The van der Waals surface area contributed by atoms with Crippen LogP contribution in [0.15, 0.2) is 72.8 Å². The zero-order valence-electron chi connectivity index (χ0n) is 16.0. The highest BCUT2D eigenvalue weighted by Crippen LogP contribution is 2.31. The van der Waals surface area contributed by atoms with E-state index in [0.29, 0.717) is 0 Å². The molecule has 0 aliphatic rings. The van der Waals surface area contributed by atoms with Crippen LogP contribution in [0.1, 0.15) is 33.9 Å². The molecule has 0 aliphatic heterocycles. The number of benzene rings is 3. The SMILES string of the molecule is Cc1ccc([C@H](NC(=S)Nc2cccc(C(F)(F)F)c2)c2ccccc2)c(C)c1. The predicted octanol–water partition coefficient (Wildman–Crippen LogP) is 6.40. The van der Waals surface area contributed by atoms with Crippen LogP contribution in [0, 0.1) is 13.8 Å². The molecular formula is C23H21F3N2S. The molecule has 0 saturated heterocycles. The van der Waals surface area contributed by atoms with Crippen LogP contribution in [0.4, 0.5) is 18.9 Å². The molecule has 0 bridgehead atoms. The van der Waals surface area contributed by atoms with Gasteiger partial charge < -0.3 is 10.6 Å². The quantitative estimate of drug-likeness (QED) is 0.483. The van der Waals surface area contributed by atoms with Gasteiger partial charge in [0, 0.05) is 5.69 Å². The maximum absolute atomic E-state index is 13.0. The standard InChI is InChI=1S/C23H21F3N2S/c1-15-11-12-20(16(2)13-15)21(17-7-4-3-5-8-17)28-22(29)27-19-10-6-9-18(14-19)23(24,25)26/h3-14,21H,1-2H3,(H2,27,28,29)/t21-/m1/s1. The van der Waals surface area contributed by atoms with Crippen LogP contribution < -0.4 is 10.6 Å². The van der Waals surface area contributed by atoms with Gasteiger partial charge >= 0.3 is 6.18 Å². The maximum Gasteiger partial charge on any atom is 0.416 e. The topological polar surface area (TPSA) is 24.1 Å². The van der Waals surface area contributed by atoms with E-state index in [2.05, 4.69) is 16.7 Å². The number of rotatable bonds is 4. The Bertz CT molecular complexity index is 1000. The minimum absolute atomic E-state index is 0.234. The van der Waals surface area contributed by atoms with Crippen molar-refractivity contribution in [1.29, 1.82) is 0 Å². The molecular weight excluding hydrogens is 393 g/mol. The second-order valence-corrected chi connectivity index (χ2v) is 7.29. The Morgan fingerprint density at radius 2 is 1.62 bits per heavy atom. The van der Waals surface area contributed by atoms with Gasteiger partial charge in [-0.1, -0.05) is 60.2 Å². The Morgan fingerprint density at radius 3 is 2.28 bits per heavy atom. The molecule has 0 fully saturated rings. The van der Waals surface area contributed by atoms with Crippen molar-refractivity contribution in [3.8, 4) is 0 Å². The fourth-order valence-corrected chi connectivity index (χ4v) is 3.44. The summed E-state index contributed by atoms with van der Waals surface area (Å²) < 4.78 is 38.9. The minimum atomic E-state index is -4.40. The summed E-state index contributed by atoms with van der Waals surface area (Å²) in [7, 11) is 0. The van der Waals surface area contributed by atoms with Crippen molar-refractivity contribution in [3.05, 3.63) is 101 Å². The summed E-state index contributed by atoms with van der Waals surface area (Å²) in [6.45, 7) is 4.06. The zero-order chi connectivity index (χ0) is 21.0. The van der Waals surface area contributed by atoms with E-state index in [1.807, 2.05) is 56.3 Å². The first kappa shape index (κ1) is 20.9. The first-order valence-corrected chi connectivity index (χ1v) is 9.52. The van der Waals surface area contributed by atoms with Gasteiger partial charge in [0.05, 0.1) is 11.6 Å². The Kier molecular flexibility index (Phi) is 6.23. The first-order valence-electron chi connectivity index (χ1n) is 9.11. The Hall–Kier alpha value is -2.86. The normalized spacial score (nSPS) is 12.3. The lowest BCUT2D eigenvalue weighted by Crippen LogP contribution is -2.33. The molecule has 150 valence electrons. The third kappa shape index (κ3) is 5.35. The van der Waals surface area contributed by atoms with E-state index in [4.69, 9.17) is 12.2 Å². The average Bonchev–Trinajstić information content (AvgIpc) is 2.67. The molecule has 0 spiro atoms. The molecule has 2 N–H and O–H groups in total. The molecule has 0 radical (unpaired) electrons. The van der Waals surface area contributed by atoms with Crippen LogP contribution in [0.5, 0.6) is 0 Å². The van der Waals surface area contributed by atoms with E-state index >= 15 is 0 Å². The third-order valence-corrected chi connectivity index (χ3v) is 4.81. The van der Waals surface area contributed by atoms with Crippen molar-refractivity contribution in [3.63, 3.8) is 0 Å². The number of hydrogen-bond donors (Lipinski definition) is 2. The van der Waals surface area contributed by atoms with Gasteiger partial charge in [-0.15, -0.1) is 0 Å². The molecule has 0 aromatic heterocycles. The molecule has 2 nitrogen and oxygen atoms in total. The summed E-state index contributed by atoms with van der Waals surface area (Å²) in [4.78, 5) is 0. The number of anilines is 1. The van der Waals surface area contributed by atoms with E-state index in [0.717, 1.165) is 34.4 Å². The van der Waals surface area contributed by atoms with E-state index in [1.165, 1.54) is 6.07 Å². The lowest BCUT2D eigenvalue weighted by molar-refractivity contribution is -0.137. The molecule has 29 heavy (non-hydrogen) atoms. The van der Waals surface area contributed by atoms with Gasteiger partial charge in [0.15, 0.2) is 5.11 Å². The fraction of sp³-hybridized carbons (Fsp3) is 0.174. The van der Waals surface area contributed by atoms with Crippen molar-refractivity contribution in [2.24, 2.45) is 0 Å². The second kappa shape index (κ2) is 8.66. The second-order valence-electron chi connectivity index (χ2n) is 6.88. The Balaban J connectivity index is 1.86. The van der Waals surface area contributed by atoms with Crippen LogP contribution in [-0.2, 0) is 6.18 Å². The highest BCUT2D eigenvalue weighted by atomic mass is 32.1. The van der Waals surface area contributed by atoms with Crippen LogP contribution in [0.25, 0.3) is 0 Å². The Morgan fingerprint density at radius 1 is 0.897 bits per heavy atom. The summed E-state index contributed by atoms with van der Waals surface area (Å²) in [5.74, 6) is 0. The van der Waals surface area contributed by atoms with E-state index in [9.17, 15) is 13.2 Å². The number of thiocarbonyl (C=S) groups is 1. The zero-order valence-corrected chi connectivity index (χ0v) is 16.9.